The Morgan fingerprint density at radius 3 is 2.60 bits per heavy atom. The zero-order valence-electron chi connectivity index (χ0n) is 12.2. The van der Waals surface area contributed by atoms with Crippen molar-refractivity contribution in [1.29, 1.82) is 0 Å². The molecule has 3 N–H and O–H groups in total. The van der Waals surface area contributed by atoms with E-state index in [1.807, 2.05) is 13.8 Å². The van der Waals surface area contributed by atoms with E-state index in [0.717, 1.165) is 19.3 Å². The zero-order chi connectivity index (χ0) is 14.5. The summed E-state index contributed by atoms with van der Waals surface area (Å²) in [6, 6.07) is 0.123. The van der Waals surface area contributed by atoms with Crippen molar-refractivity contribution in [2.24, 2.45) is 17.1 Å². The van der Waals surface area contributed by atoms with Crippen molar-refractivity contribution in [2.75, 3.05) is 18.1 Å². The second-order valence-electron chi connectivity index (χ2n) is 6.87. The predicted octanol–water partition coefficient (Wildman–Crippen LogP) is 0.156. The lowest BCUT2D eigenvalue weighted by Crippen LogP contribution is -2.80. The Kier molecular flexibility index (Phi) is 3.46. The molecule has 20 heavy (non-hydrogen) atoms. The number of nitrogens with two attached hydrogens (primary N) is 1. The zero-order valence-corrected chi connectivity index (χ0v) is 13.0. The fourth-order valence-corrected chi connectivity index (χ4v) is 5.39. The standard InChI is InChI=1S/C14H24N2O3S/c1-13(2)11-10(3-6-19-11)14(13,15)12(17)16-9-4-7-20(18)8-5-9/h9-11H,3-8,15H2,1-2H3,(H,16,17). The van der Waals surface area contributed by atoms with E-state index in [0.29, 0.717) is 18.1 Å². The second-order valence-corrected chi connectivity index (χ2v) is 8.57. The Hall–Kier alpha value is -0.460. The fourth-order valence-electron chi connectivity index (χ4n) is 4.09. The smallest absolute Gasteiger partial charge is 0.241 e. The number of fused-ring (bicyclic) bond motifs is 1. The van der Waals surface area contributed by atoms with Crippen LogP contribution in [-0.2, 0) is 20.3 Å². The van der Waals surface area contributed by atoms with Gasteiger partial charge >= 0.3 is 0 Å². The molecule has 0 aromatic heterocycles. The first kappa shape index (κ1) is 14.5. The number of hydrogen-bond donors (Lipinski definition) is 2. The minimum atomic E-state index is -0.829. The van der Waals surface area contributed by atoms with Crippen molar-refractivity contribution >= 4 is 16.7 Å². The summed E-state index contributed by atoms with van der Waals surface area (Å²) in [6.07, 6.45) is 2.56. The Labute approximate surface area is 122 Å². The molecular formula is C14H24N2O3S. The molecule has 5 nitrogen and oxygen atoms in total. The minimum absolute atomic E-state index is 0.0491. The average molecular weight is 300 g/mol. The van der Waals surface area contributed by atoms with E-state index in [4.69, 9.17) is 10.5 Å². The number of amides is 1. The van der Waals surface area contributed by atoms with Crippen LogP contribution in [-0.4, -0.2) is 45.9 Å². The predicted molar refractivity (Wildman–Crippen MR) is 77.6 cm³/mol. The highest BCUT2D eigenvalue weighted by Gasteiger charge is 2.71. The van der Waals surface area contributed by atoms with Gasteiger partial charge in [0.1, 0.15) is 5.54 Å². The molecule has 3 fully saturated rings. The van der Waals surface area contributed by atoms with Crippen molar-refractivity contribution in [3.63, 3.8) is 0 Å². The third-order valence-corrected chi connectivity index (χ3v) is 6.94. The quantitative estimate of drug-likeness (QED) is 0.761. The molecular weight excluding hydrogens is 276 g/mol. The highest BCUT2D eigenvalue weighted by molar-refractivity contribution is 7.85. The van der Waals surface area contributed by atoms with Gasteiger partial charge in [-0.1, -0.05) is 13.8 Å². The highest BCUT2D eigenvalue weighted by Crippen LogP contribution is 2.58. The number of carbonyl (C=O) groups excluding carboxylic acids is 1. The number of hydrogen-bond acceptors (Lipinski definition) is 4. The van der Waals surface area contributed by atoms with Gasteiger partial charge in [0, 0.05) is 46.3 Å². The van der Waals surface area contributed by atoms with Gasteiger partial charge in [-0.25, -0.2) is 0 Å². The Bertz CT molecular complexity index is 444. The summed E-state index contributed by atoms with van der Waals surface area (Å²) in [5.41, 5.74) is 5.35. The van der Waals surface area contributed by atoms with Gasteiger partial charge in [0.25, 0.3) is 0 Å². The van der Waals surface area contributed by atoms with Crippen LogP contribution in [0.5, 0.6) is 0 Å². The minimum Gasteiger partial charge on any atom is -0.377 e. The van der Waals surface area contributed by atoms with E-state index in [-0.39, 0.29) is 29.4 Å². The van der Waals surface area contributed by atoms with Crippen LogP contribution < -0.4 is 11.1 Å². The molecule has 0 aromatic rings. The van der Waals surface area contributed by atoms with E-state index in [2.05, 4.69) is 5.32 Å². The average Bonchev–Trinajstić information content (AvgIpc) is 2.88. The molecule has 1 saturated carbocycles. The van der Waals surface area contributed by atoms with Crippen molar-refractivity contribution < 1.29 is 13.7 Å². The summed E-state index contributed by atoms with van der Waals surface area (Å²) in [6.45, 7) is 4.75. The van der Waals surface area contributed by atoms with Crippen molar-refractivity contribution in [1.82, 2.24) is 5.32 Å². The number of ether oxygens (including phenoxy) is 1. The van der Waals surface area contributed by atoms with Crippen molar-refractivity contribution in [3.8, 4) is 0 Å². The first-order valence-electron chi connectivity index (χ1n) is 7.44. The molecule has 0 aromatic carbocycles. The number of rotatable bonds is 2. The van der Waals surface area contributed by atoms with Gasteiger partial charge in [-0.05, 0) is 19.3 Å². The third kappa shape index (κ3) is 1.88. The fraction of sp³-hybridized carbons (Fsp3) is 0.929. The summed E-state index contributed by atoms with van der Waals surface area (Å²) in [7, 11) is -0.707. The molecule has 3 aliphatic rings. The van der Waals surface area contributed by atoms with Gasteiger partial charge in [0.2, 0.25) is 5.91 Å². The molecule has 2 saturated heterocycles. The molecule has 2 heterocycles. The van der Waals surface area contributed by atoms with Crippen LogP contribution in [0.25, 0.3) is 0 Å². The summed E-state index contributed by atoms with van der Waals surface area (Å²) in [5, 5.41) is 3.10. The van der Waals surface area contributed by atoms with Crippen LogP contribution in [0.15, 0.2) is 0 Å². The Balaban J connectivity index is 1.69. The summed E-state index contributed by atoms with van der Waals surface area (Å²) in [4.78, 5) is 12.7. The Morgan fingerprint density at radius 2 is 1.95 bits per heavy atom. The van der Waals surface area contributed by atoms with Gasteiger partial charge in [-0.3, -0.25) is 9.00 Å². The number of nitrogens with one attached hydrogen (secondary N) is 1. The molecule has 6 heteroatoms. The molecule has 3 rings (SSSR count). The maximum atomic E-state index is 12.7. The third-order valence-electron chi connectivity index (χ3n) is 5.55. The molecule has 1 aliphatic carbocycles. The molecule has 3 atom stereocenters. The van der Waals surface area contributed by atoms with Crippen LogP contribution in [0.3, 0.4) is 0 Å². The monoisotopic (exact) mass is 300 g/mol. The second kappa shape index (κ2) is 4.78. The van der Waals surface area contributed by atoms with E-state index in [1.165, 1.54) is 0 Å². The Morgan fingerprint density at radius 1 is 1.30 bits per heavy atom. The molecule has 1 amide bonds. The normalized spacial score (nSPS) is 46.4. The summed E-state index contributed by atoms with van der Waals surface area (Å²) < 4.78 is 17.1. The molecule has 114 valence electrons. The molecule has 0 radical (unpaired) electrons. The first-order chi connectivity index (χ1) is 9.37. The van der Waals surface area contributed by atoms with Gasteiger partial charge in [-0.15, -0.1) is 0 Å². The van der Waals surface area contributed by atoms with Crippen LogP contribution in [0.4, 0.5) is 0 Å². The summed E-state index contributed by atoms with van der Waals surface area (Å²) >= 11 is 0. The van der Waals surface area contributed by atoms with Crippen molar-refractivity contribution in [3.05, 3.63) is 0 Å². The molecule has 2 aliphatic heterocycles. The maximum absolute atomic E-state index is 12.7. The van der Waals surface area contributed by atoms with Crippen LogP contribution in [0, 0.1) is 11.3 Å². The largest absolute Gasteiger partial charge is 0.377 e. The van der Waals surface area contributed by atoms with Crippen molar-refractivity contribution in [2.45, 2.75) is 50.8 Å². The first-order valence-corrected chi connectivity index (χ1v) is 8.92. The lowest BCUT2D eigenvalue weighted by molar-refractivity contribution is -0.176. The molecule has 3 unspecified atom stereocenters. The SMILES string of the molecule is CC1(C)C2OCCC2C1(N)C(=O)NC1CCS(=O)CC1. The van der Waals surface area contributed by atoms with Gasteiger partial charge < -0.3 is 15.8 Å². The molecule has 0 spiro atoms. The van der Waals surface area contributed by atoms with Gasteiger partial charge in [-0.2, -0.15) is 0 Å². The van der Waals surface area contributed by atoms with E-state index in [1.54, 1.807) is 0 Å². The lowest BCUT2D eigenvalue weighted by Gasteiger charge is -2.60. The van der Waals surface area contributed by atoms with E-state index in [9.17, 15) is 9.00 Å². The van der Waals surface area contributed by atoms with Gasteiger partial charge in [0.15, 0.2) is 0 Å². The highest BCUT2D eigenvalue weighted by atomic mass is 32.2. The van der Waals surface area contributed by atoms with Crippen LogP contribution >= 0.6 is 0 Å². The van der Waals surface area contributed by atoms with Crippen LogP contribution in [0.1, 0.15) is 33.1 Å². The van der Waals surface area contributed by atoms with E-state index < -0.39 is 16.3 Å². The van der Waals surface area contributed by atoms with E-state index >= 15 is 0 Å². The number of carbonyl (C=O) groups is 1. The summed E-state index contributed by atoms with van der Waals surface area (Å²) in [5.74, 6) is 1.45. The topological polar surface area (TPSA) is 81.4 Å². The van der Waals surface area contributed by atoms with Crippen LogP contribution in [0.2, 0.25) is 0 Å². The maximum Gasteiger partial charge on any atom is 0.241 e. The lowest BCUT2D eigenvalue weighted by atomic mass is 9.48. The van der Waals surface area contributed by atoms with Gasteiger partial charge in [0.05, 0.1) is 6.10 Å². The molecule has 0 bridgehead atoms.